The predicted octanol–water partition coefficient (Wildman–Crippen LogP) is 1.70. The summed E-state index contributed by atoms with van der Waals surface area (Å²) < 4.78 is 4.96. The van der Waals surface area contributed by atoms with Crippen LogP contribution in [-0.4, -0.2) is 30.5 Å². The lowest BCUT2D eigenvalue weighted by atomic mass is 10.2. The highest BCUT2D eigenvalue weighted by Gasteiger charge is 2.05. The lowest BCUT2D eigenvalue weighted by molar-refractivity contribution is -0.125. The Morgan fingerprint density at radius 1 is 1.54 bits per heavy atom. The van der Waals surface area contributed by atoms with Crippen LogP contribution in [-0.2, 0) is 9.53 Å². The van der Waals surface area contributed by atoms with E-state index in [1.807, 2.05) is 6.92 Å². The Morgan fingerprint density at radius 3 is 2.77 bits per heavy atom. The second kappa shape index (κ2) is 8.51. The number of carbonyl (C=O) groups excluding carboxylic acids is 1. The Kier molecular flexibility index (Phi) is 8.45. The van der Waals surface area contributed by atoms with Gasteiger partial charge in [-0.15, -0.1) is 0 Å². The fourth-order valence-electron chi connectivity index (χ4n) is 0.886. The van der Waals surface area contributed by atoms with Gasteiger partial charge in [-0.05, 0) is 13.3 Å². The predicted molar refractivity (Wildman–Crippen MR) is 57.1 cm³/mol. The van der Waals surface area contributed by atoms with Crippen LogP contribution in [0.1, 0.15) is 26.7 Å². The third-order valence-corrected chi connectivity index (χ3v) is 2.34. The average molecular weight is 252 g/mol. The summed E-state index contributed by atoms with van der Waals surface area (Å²) in [7, 11) is 0. The molecule has 0 spiro atoms. The van der Waals surface area contributed by atoms with E-state index in [2.05, 4.69) is 28.2 Å². The van der Waals surface area contributed by atoms with E-state index in [1.54, 1.807) is 0 Å². The molecule has 4 heteroatoms. The Labute approximate surface area is 88.4 Å². The molecule has 0 saturated carbocycles. The van der Waals surface area contributed by atoms with E-state index in [-0.39, 0.29) is 12.5 Å². The fourth-order valence-corrected chi connectivity index (χ4v) is 1.51. The van der Waals surface area contributed by atoms with E-state index < -0.39 is 0 Å². The summed E-state index contributed by atoms with van der Waals surface area (Å²) in [6.45, 7) is 5.43. The van der Waals surface area contributed by atoms with Crippen molar-refractivity contribution >= 4 is 21.8 Å². The van der Waals surface area contributed by atoms with Gasteiger partial charge >= 0.3 is 0 Å². The summed E-state index contributed by atoms with van der Waals surface area (Å²) in [5.74, 6) is -0.0394. The van der Waals surface area contributed by atoms with Crippen molar-refractivity contribution in [1.82, 2.24) is 5.32 Å². The van der Waals surface area contributed by atoms with Gasteiger partial charge in [0.2, 0.25) is 5.91 Å². The quantitative estimate of drug-likeness (QED) is 0.700. The highest BCUT2D eigenvalue weighted by Crippen LogP contribution is 2.05. The van der Waals surface area contributed by atoms with Gasteiger partial charge in [-0.3, -0.25) is 4.79 Å². The van der Waals surface area contributed by atoms with Crippen LogP contribution in [0.4, 0.5) is 0 Å². The van der Waals surface area contributed by atoms with Crippen LogP contribution in [0.3, 0.4) is 0 Å². The molecule has 1 atom stereocenters. The first-order chi connectivity index (χ1) is 6.20. The second-order valence-corrected chi connectivity index (χ2v) is 4.12. The molecule has 0 radical (unpaired) electrons. The lowest BCUT2D eigenvalue weighted by Gasteiger charge is -2.09. The van der Waals surface area contributed by atoms with Gasteiger partial charge in [0.25, 0.3) is 0 Å². The molecule has 1 amide bonds. The van der Waals surface area contributed by atoms with Crippen molar-refractivity contribution in [2.24, 2.45) is 0 Å². The van der Waals surface area contributed by atoms with Gasteiger partial charge in [-0.25, -0.2) is 0 Å². The number of carbonyl (C=O) groups is 1. The lowest BCUT2D eigenvalue weighted by Crippen LogP contribution is -2.32. The number of hydrogen-bond donors (Lipinski definition) is 1. The first-order valence-electron chi connectivity index (χ1n) is 4.69. The van der Waals surface area contributed by atoms with Crippen molar-refractivity contribution in [3.8, 4) is 0 Å². The van der Waals surface area contributed by atoms with Crippen molar-refractivity contribution < 1.29 is 9.53 Å². The molecule has 1 unspecified atom stereocenters. The van der Waals surface area contributed by atoms with Crippen molar-refractivity contribution in [3.05, 3.63) is 0 Å². The Balaban J connectivity index is 3.34. The normalized spacial score (nSPS) is 12.5. The van der Waals surface area contributed by atoms with E-state index >= 15 is 0 Å². The number of nitrogens with one attached hydrogen (secondary N) is 1. The molecule has 0 saturated heterocycles. The van der Waals surface area contributed by atoms with Gasteiger partial charge in [0.15, 0.2) is 0 Å². The molecular formula is C9H18BrNO2. The first-order valence-corrected chi connectivity index (χ1v) is 5.60. The van der Waals surface area contributed by atoms with Crippen molar-refractivity contribution in [1.29, 1.82) is 0 Å². The average Bonchev–Trinajstić information content (AvgIpc) is 2.12. The Morgan fingerprint density at radius 2 is 2.23 bits per heavy atom. The molecule has 0 aliphatic carbocycles. The zero-order valence-electron chi connectivity index (χ0n) is 8.31. The SMILES string of the molecule is CCCC(Br)CNC(=O)COCC. The monoisotopic (exact) mass is 251 g/mol. The van der Waals surface area contributed by atoms with Crippen LogP contribution < -0.4 is 5.32 Å². The molecule has 0 rings (SSSR count). The molecule has 13 heavy (non-hydrogen) atoms. The van der Waals surface area contributed by atoms with Gasteiger partial charge in [0.05, 0.1) is 0 Å². The van der Waals surface area contributed by atoms with Gasteiger partial charge < -0.3 is 10.1 Å². The molecule has 1 N–H and O–H groups in total. The zero-order chi connectivity index (χ0) is 10.1. The summed E-state index contributed by atoms with van der Waals surface area (Å²) in [5.41, 5.74) is 0. The second-order valence-electron chi connectivity index (χ2n) is 2.83. The number of amides is 1. The van der Waals surface area contributed by atoms with E-state index in [0.29, 0.717) is 18.0 Å². The molecule has 3 nitrogen and oxygen atoms in total. The Hall–Kier alpha value is -0.0900. The maximum absolute atomic E-state index is 11.1. The smallest absolute Gasteiger partial charge is 0.246 e. The summed E-state index contributed by atoms with van der Waals surface area (Å²) >= 11 is 3.48. The standard InChI is InChI=1S/C9H18BrNO2/c1-3-5-8(10)6-11-9(12)7-13-4-2/h8H,3-7H2,1-2H3,(H,11,12). The maximum atomic E-state index is 11.1. The van der Waals surface area contributed by atoms with Crippen molar-refractivity contribution in [2.75, 3.05) is 19.8 Å². The number of alkyl halides is 1. The number of ether oxygens (including phenoxy) is 1. The molecule has 0 aliphatic heterocycles. The number of hydrogen-bond acceptors (Lipinski definition) is 2. The largest absolute Gasteiger partial charge is 0.372 e. The minimum atomic E-state index is -0.0394. The molecule has 0 aromatic carbocycles. The van der Waals surface area contributed by atoms with E-state index in [0.717, 1.165) is 12.8 Å². The number of rotatable bonds is 7. The van der Waals surface area contributed by atoms with Gasteiger partial charge in [0, 0.05) is 18.0 Å². The highest BCUT2D eigenvalue weighted by atomic mass is 79.9. The minimum Gasteiger partial charge on any atom is -0.372 e. The molecule has 0 heterocycles. The van der Waals surface area contributed by atoms with E-state index in [9.17, 15) is 4.79 Å². The third-order valence-electron chi connectivity index (χ3n) is 1.56. The highest BCUT2D eigenvalue weighted by molar-refractivity contribution is 9.09. The van der Waals surface area contributed by atoms with Crippen LogP contribution >= 0.6 is 15.9 Å². The molecule has 78 valence electrons. The molecular weight excluding hydrogens is 234 g/mol. The molecule has 0 aliphatic rings. The minimum absolute atomic E-state index is 0.0394. The third kappa shape index (κ3) is 8.25. The summed E-state index contributed by atoms with van der Waals surface area (Å²) in [6, 6.07) is 0. The van der Waals surface area contributed by atoms with Crippen LogP contribution in [0.5, 0.6) is 0 Å². The summed E-state index contributed by atoms with van der Waals surface area (Å²) in [6.07, 6.45) is 2.20. The van der Waals surface area contributed by atoms with Crippen LogP contribution in [0.15, 0.2) is 0 Å². The van der Waals surface area contributed by atoms with E-state index in [4.69, 9.17) is 4.74 Å². The fraction of sp³-hybridized carbons (Fsp3) is 0.889. The van der Waals surface area contributed by atoms with Gasteiger partial charge in [-0.1, -0.05) is 29.3 Å². The molecule has 0 fully saturated rings. The summed E-state index contributed by atoms with van der Waals surface area (Å²) in [5, 5.41) is 2.79. The maximum Gasteiger partial charge on any atom is 0.246 e. The van der Waals surface area contributed by atoms with Crippen LogP contribution in [0.2, 0.25) is 0 Å². The van der Waals surface area contributed by atoms with Crippen LogP contribution in [0.25, 0.3) is 0 Å². The number of halogens is 1. The Bertz CT molecular complexity index is 142. The van der Waals surface area contributed by atoms with Crippen molar-refractivity contribution in [3.63, 3.8) is 0 Å². The van der Waals surface area contributed by atoms with Gasteiger partial charge in [-0.2, -0.15) is 0 Å². The molecule has 0 bridgehead atoms. The van der Waals surface area contributed by atoms with Crippen LogP contribution in [0, 0.1) is 0 Å². The first kappa shape index (κ1) is 12.9. The van der Waals surface area contributed by atoms with Crippen molar-refractivity contribution in [2.45, 2.75) is 31.5 Å². The zero-order valence-corrected chi connectivity index (χ0v) is 9.89. The summed E-state index contributed by atoms with van der Waals surface area (Å²) in [4.78, 5) is 11.4. The topological polar surface area (TPSA) is 38.3 Å². The van der Waals surface area contributed by atoms with Gasteiger partial charge in [0.1, 0.15) is 6.61 Å². The molecule has 0 aromatic heterocycles. The van der Waals surface area contributed by atoms with E-state index in [1.165, 1.54) is 0 Å². The molecule has 0 aromatic rings.